The molecule has 5 aromatic carbocycles. The second-order valence-electron chi connectivity index (χ2n) is 21.5. The molecule has 300 valence electrons. The van der Waals surface area contributed by atoms with E-state index in [1.54, 1.807) is 0 Å². The molecule has 0 aliphatic heterocycles. The molecular formula is C57H67N. The summed E-state index contributed by atoms with van der Waals surface area (Å²) in [6.45, 7) is 26.2. The number of rotatable bonds is 6. The smallest absolute Gasteiger partial charge is 0.0467 e. The van der Waals surface area contributed by atoms with Crippen molar-refractivity contribution >= 4 is 22.6 Å². The van der Waals surface area contributed by atoms with Gasteiger partial charge in [0.2, 0.25) is 0 Å². The third-order valence-corrected chi connectivity index (χ3v) is 14.2. The van der Waals surface area contributed by atoms with Crippen LogP contribution in [-0.2, 0) is 16.2 Å². The van der Waals surface area contributed by atoms with E-state index in [4.69, 9.17) is 0 Å². The molecule has 1 saturated carbocycles. The minimum atomic E-state index is -0.188. The van der Waals surface area contributed by atoms with Crippen molar-refractivity contribution in [1.82, 2.24) is 0 Å². The maximum atomic E-state index is 2.65. The molecule has 3 aliphatic carbocycles. The Hall–Kier alpha value is -4.62. The predicted octanol–water partition coefficient (Wildman–Crippen LogP) is 16.6. The number of fused-ring (bicyclic) bond motifs is 3. The second kappa shape index (κ2) is 14.6. The van der Waals surface area contributed by atoms with Gasteiger partial charge in [-0.2, -0.15) is 0 Å². The Morgan fingerprint density at radius 2 is 1.22 bits per heavy atom. The largest absolute Gasteiger partial charge is 0.310 e. The standard InChI is InChI=1S/C57H67N/c1-53(2,3)43-22-18-23-44(35-43)57(55(7,8)9)37-42(33-45(38-57)54(4,5)6)41-21-17-24-47(34-41)58(46-29-27-40(28-30-46)39-19-13-12-14-20-39)48-31-32-50-49-25-15-16-26-51(49)56(10,11)52(50)36-48/h15-18,21-36,38-39H,12-14,19-20,37H2,1-11H3. The van der Waals surface area contributed by atoms with Crippen LogP contribution >= 0.6 is 0 Å². The van der Waals surface area contributed by atoms with Gasteiger partial charge in [-0.1, -0.05) is 186 Å². The lowest BCUT2D eigenvalue weighted by molar-refractivity contribution is 0.236. The summed E-state index contributed by atoms with van der Waals surface area (Å²) in [6.07, 6.45) is 12.8. The zero-order chi connectivity index (χ0) is 41.3. The van der Waals surface area contributed by atoms with Gasteiger partial charge in [0.05, 0.1) is 0 Å². The average molecular weight is 766 g/mol. The fourth-order valence-electron chi connectivity index (χ4n) is 10.3. The molecule has 1 atom stereocenters. The molecule has 1 unspecified atom stereocenters. The van der Waals surface area contributed by atoms with Gasteiger partial charge in [0.15, 0.2) is 0 Å². The molecule has 0 spiro atoms. The molecule has 1 nitrogen and oxygen atoms in total. The molecule has 0 radical (unpaired) electrons. The van der Waals surface area contributed by atoms with Crippen molar-refractivity contribution < 1.29 is 0 Å². The summed E-state index contributed by atoms with van der Waals surface area (Å²) in [5, 5.41) is 0. The molecule has 0 bridgehead atoms. The van der Waals surface area contributed by atoms with Crippen LogP contribution in [0.1, 0.15) is 154 Å². The molecule has 0 heterocycles. The van der Waals surface area contributed by atoms with Crippen molar-refractivity contribution in [3.8, 4) is 11.1 Å². The molecule has 5 aromatic rings. The monoisotopic (exact) mass is 766 g/mol. The first-order chi connectivity index (χ1) is 27.4. The molecular weight excluding hydrogens is 699 g/mol. The fraction of sp³-hybridized carbons (Fsp3) is 0.404. The van der Waals surface area contributed by atoms with Crippen molar-refractivity contribution in [2.45, 2.75) is 137 Å². The third kappa shape index (κ3) is 7.22. The van der Waals surface area contributed by atoms with Gasteiger partial charge in [-0.25, -0.2) is 0 Å². The van der Waals surface area contributed by atoms with Gasteiger partial charge in [0.1, 0.15) is 0 Å². The normalized spacial score (nSPS) is 19.6. The van der Waals surface area contributed by atoms with Crippen molar-refractivity contribution in [2.24, 2.45) is 10.8 Å². The summed E-state index contributed by atoms with van der Waals surface area (Å²) in [5.41, 5.74) is 17.3. The highest BCUT2D eigenvalue weighted by Gasteiger charge is 2.45. The van der Waals surface area contributed by atoms with Crippen LogP contribution in [0.2, 0.25) is 0 Å². The van der Waals surface area contributed by atoms with Crippen LogP contribution in [0.4, 0.5) is 17.1 Å². The lowest BCUT2D eigenvalue weighted by Gasteiger charge is -2.48. The molecule has 0 saturated heterocycles. The highest BCUT2D eigenvalue weighted by atomic mass is 15.1. The molecule has 0 N–H and O–H groups in total. The van der Waals surface area contributed by atoms with Gasteiger partial charge in [0, 0.05) is 27.9 Å². The number of nitrogens with zero attached hydrogens (tertiary/aromatic N) is 1. The van der Waals surface area contributed by atoms with Crippen LogP contribution in [-0.4, -0.2) is 0 Å². The maximum Gasteiger partial charge on any atom is 0.0467 e. The van der Waals surface area contributed by atoms with Crippen LogP contribution in [0.15, 0.2) is 133 Å². The van der Waals surface area contributed by atoms with Crippen molar-refractivity contribution in [3.63, 3.8) is 0 Å². The van der Waals surface area contributed by atoms with E-state index in [0.29, 0.717) is 5.92 Å². The molecule has 0 aromatic heterocycles. The predicted molar refractivity (Wildman–Crippen MR) is 251 cm³/mol. The summed E-state index contributed by atoms with van der Waals surface area (Å²) < 4.78 is 0. The first-order valence-electron chi connectivity index (χ1n) is 22.2. The molecule has 58 heavy (non-hydrogen) atoms. The van der Waals surface area contributed by atoms with Gasteiger partial charge >= 0.3 is 0 Å². The maximum absolute atomic E-state index is 2.65. The Bertz CT molecular complexity index is 2370. The molecule has 0 amide bonds. The number of hydrogen-bond donors (Lipinski definition) is 0. The minimum absolute atomic E-state index is 0.0116. The average Bonchev–Trinajstić information content (AvgIpc) is 3.43. The number of anilines is 3. The van der Waals surface area contributed by atoms with E-state index in [1.165, 1.54) is 105 Å². The van der Waals surface area contributed by atoms with Crippen molar-refractivity contribution in [3.05, 3.63) is 166 Å². The first-order valence-corrected chi connectivity index (χ1v) is 22.2. The van der Waals surface area contributed by atoms with Gasteiger partial charge in [-0.3, -0.25) is 0 Å². The first kappa shape index (κ1) is 40.2. The van der Waals surface area contributed by atoms with E-state index >= 15 is 0 Å². The van der Waals surface area contributed by atoms with Crippen LogP contribution in [0.3, 0.4) is 0 Å². The van der Waals surface area contributed by atoms with Crippen LogP contribution < -0.4 is 4.90 Å². The van der Waals surface area contributed by atoms with E-state index < -0.39 is 0 Å². The SMILES string of the molecule is CC(C)(C)C1=CC(c2cccc(C(C)(C)C)c2)(C(C)(C)C)CC(c2cccc(N(c3ccc(C4CCCCC4)cc3)c3ccc4c(c3)C(C)(C)c3ccccc3-4)c2)=C1. The lowest BCUT2D eigenvalue weighted by atomic mass is 9.56. The van der Waals surface area contributed by atoms with E-state index in [1.807, 2.05) is 0 Å². The van der Waals surface area contributed by atoms with Crippen LogP contribution in [0.5, 0.6) is 0 Å². The topological polar surface area (TPSA) is 3.24 Å². The zero-order valence-electron chi connectivity index (χ0n) is 37.4. The Kier molecular flexibility index (Phi) is 10.1. The molecule has 3 aliphatic rings. The molecule has 1 heteroatoms. The number of allylic oxidation sites excluding steroid dienone is 4. The van der Waals surface area contributed by atoms with Crippen LogP contribution in [0.25, 0.3) is 16.7 Å². The highest BCUT2D eigenvalue weighted by Crippen LogP contribution is 2.55. The Morgan fingerprint density at radius 3 is 1.91 bits per heavy atom. The fourth-order valence-corrected chi connectivity index (χ4v) is 10.3. The van der Waals surface area contributed by atoms with E-state index in [0.717, 1.165) is 6.42 Å². The zero-order valence-corrected chi connectivity index (χ0v) is 37.4. The van der Waals surface area contributed by atoms with Gasteiger partial charge in [-0.05, 0) is 133 Å². The Morgan fingerprint density at radius 1 is 0.569 bits per heavy atom. The third-order valence-electron chi connectivity index (χ3n) is 14.2. The second-order valence-corrected chi connectivity index (χ2v) is 21.5. The van der Waals surface area contributed by atoms with Gasteiger partial charge in [0.25, 0.3) is 0 Å². The Labute approximate surface area is 351 Å². The van der Waals surface area contributed by atoms with E-state index in [-0.39, 0.29) is 27.1 Å². The molecule has 8 rings (SSSR count). The van der Waals surface area contributed by atoms with E-state index in [2.05, 4.69) is 208 Å². The highest BCUT2D eigenvalue weighted by molar-refractivity contribution is 5.86. The van der Waals surface area contributed by atoms with Gasteiger partial charge in [-0.15, -0.1) is 0 Å². The van der Waals surface area contributed by atoms with Gasteiger partial charge < -0.3 is 4.90 Å². The Balaban J connectivity index is 1.27. The quantitative estimate of drug-likeness (QED) is 0.166. The van der Waals surface area contributed by atoms with Crippen LogP contribution in [0, 0.1) is 10.8 Å². The lowest BCUT2D eigenvalue weighted by Crippen LogP contribution is -2.41. The molecule has 1 fully saturated rings. The minimum Gasteiger partial charge on any atom is -0.310 e. The summed E-state index contributed by atoms with van der Waals surface area (Å²) >= 11 is 0. The summed E-state index contributed by atoms with van der Waals surface area (Å²) in [5.74, 6) is 0.675. The summed E-state index contributed by atoms with van der Waals surface area (Å²) in [4.78, 5) is 2.52. The van der Waals surface area contributed by atoms with E-state index in [9.17, 15) is 0 Å². The summed E-state index contributed by atoms with van der Waals surface area (Å²) in [7, 11) is 0. The van der Waals surface area contributed by atoms with Crippen molar-refractivity contribution in [1.29, 1.82) is 0 Å². The number of hydrogen-bond acceptors (Lipinski definition) is 1. The van der Waals surface area contributed by atoms with Crippen molar-refractivity contribution in [2.75, 3.05) is 4.90 Å². The number of benzene rings is 5. The summed E-state index contributed by atoms with van der Waals surface area (Å²) in [6, 6.07) is 44.7.